The van der Waals surface area contributed by atoms with Gasteiger partial charge in [-0.25, -0.2) is 4.79 Å². The Kier molecular flexibility index (Phi) is 3.47. The summed E-state index contributed by atoms with van der Waals surface area (Å²) >= 11 is 0. The van der Waals surface area contributed by atoms with Gasteiger partial charge in [0.15, 0.2) is 0 Å². The topological polar surface area (TPSA) is 37.3 Å². The number of aliphatic carboxylic acids is 1. The maximum atomic E-state index is 10.2. The normalized spacial score (nSPS) is 11.2. The molecule has 0 aliphatic heterocycles. The van der Waals surface area contributed by atoms with Crippen LogP contribution in [0, 0.1) is 0 Å². The molecule has 10 heavy (non-hydrogen) atoms. The molecule has 0 rings (SSSR count). The highest BCUT2D eigenvalue weighted by Crippen LogP contribution is 2.01. The summed E-state index contributed by atoms with van der Waals surface area (Å²) in [6.07, 6.45) is 2.31. The summed E-state index contributed by atoms with van der Waals surface area (Å²) in [5.74, 6) is -0.860. The second kappa shape index (κ2) is 3.88. The van der Waals surface area contributed by atoms with Crippen molar-refractivity contribution in [2.75, 3.05) is 0 Å². The van der Waals surface area contributed by atoms with E-state index in [1.54, 1.807) is 13.0 Å². The van der Waals surface area contributed by atoms with Crippen molar-refractivity contribution in [1.29, 1.82) is 0 Å². The van der Waals surface area contributed by atoms with E-state index >= 15 is 0 Å². The molecule has 0 unspecified atom stereocenters. The predicted octanol–water partition coefficient (Wildman–Crippen LogP) is 1.98. The van der Waals surface area contributed by atoms with Crippen LogP contribution in [0.25, 0.3) is 0 Å². The number of carboxylic acids is 1. The first-order valence-corrected chi connectivity index (χ1v) is 3.08. The highest BCUT2D eigenvalue weighted by molar-refractivity contribution is 5.85. The van der Waals surface area contributed by atoms with Crippen LogP contribution in [0.4, 0.5) is 0 Å². The molecule has 0 aromatic rings. The molecule has 2 heteroatoms. The van der Waals surface area contributed by atoms with Crippen molar-refractivity contribution < 1.29 is 9.90 Å². The quantitative estimate of drug-likeness (QED) is 0.480. The van der Waals surface area contributed by atoms with Gasteiger partial charge in [-0.15, -0.1) is 0 Å². The summed E-state index contributed by atoms with van der Waals surface area (Å²) in [5, 5.41) is 8.40. The van der Waals surface area contributed by atoms with E-state index in [0.29, 0.717) is 12.0 Å². The van der Waals surface area contributed by atoms with Crippen LogP contribution >= 0.6 is 0 Å². The van der Waals surface area contributed by atoms with E-state index in [1.165, 1.54) is 0 Å². The van der Waals surface area contributed by atoms with Crippen molar-refractivity contribution in [3.05, 3.63) is 23.8 Å². The molecular formula is C8H12O2. The molecule has 0 fully saturated rings. The molecule has 0 aromatic carbocycles. The summed E-state index contributed by atoms with van der Waals surface area (Å²) < 4.78 is 0. The molecule has 0 radical (unpaired) electrons. The maximum absolute atomic E-state index is 10.2. The number of hydrogen-bond acceptors (Lipinski definition) is 1. The zero-order valence-corrected chi connectivity index (χ0v) is 6.35. The first kappa shape index (κ1) is 8.95. The summed E-state index contributed by atoms with van der Waals surface area (Å²) in [6, 6.07) is 0. The third-order valence-corrected chi connectivity index (χ3v) is 1.09. The third-order valence-electron chi connectivity index (χ3n) is 1.09. The standard InChI is InChI=1S/C8H12O2/c1-6(2)4-5-7(3)8(9)10/h5H,1,4H2,2-3H3,(H,9,10). The second-order valence-electron chi connectivity index (χ2n) is 2.35. The molecule has 0 heterocycles. The molecule has 0 saturated carbocycles. The lowest BCUT2D eigenvalue weighted by molar-refractivity contribution is -0.132. The van der Waals surface area contributed by atoms with E-state index in [4.69, 9.17) is 5.11 Å². The number of rotatable bonds is 3. The number of carbonyl (C=O) groups is 1. The van der Waals surface area contributed by atoms with Gasteiger partial charge < -0.3 is 5.11 Å². The zero-order valence-electron chi connectivity index (χ0n) is 6.35. The lowest BCUT2D eigenvalue weighted by Gasteiger charge is -1.92. The van der Waals surface area contributed by atoms with E-state index in [0.717, 1.165) is 5.57 Å². The van der Waals surface area contributed by atoms with Gasteiger partial charge in [0.1, 0.15) is 0 Å². The lowest BCUT2D eigenvalue weighted by atomic mass is 10.2. The van der Waals surface area contributed by atoms with Gasteiger partial charge in [0, 0.05) is 5.57 Å². The van der Waals surface area contributed by atoms with E-state index in [9.17, 15) is 4.79 Å². The smallest absolute Gasteiger partial charge is 0.330 e. The van der Waals surface area contributed by atoms with Crippen LogP contribution in [-0.4, -0.2) is 11.1 Å². The fourth-order valence-corrected chi connectivity index (χ4v) is 0.415. The van der Waals surface area contributed by atoms with Gasteiger partial charge in [-0.2, -0.15) is 0 Å². The Morgan fingerprint density at radius 2 is 2.10 bits per heavy atom. The Morgan fingerprint density at radius 1 is 1.60 bits per heavy atom. The Labute approximate surface area is 60.9 Å². The van der Waals surface area contributed by atoms with Crippen molar-refractivity contribution >= 4 is 5.97 Å². The summed E-state index contributed by atoms with van der Waals surface area (Å²) in [6.45, 7) is 7.09. The van der Waals surface area contributed by atoms with E-state index in [2.05, 4.69) is 6.58 Å². The first-order chi connectivity index (χ1) is 4.54. The molecule has 1 N–H and O–H groups in total. The fourth-order valence-electron chi connectivity index (χ4n) is 0.415. The van der Waals surface area contributed by atoms with Crippen LogP contribution in [0.2, 0.25) is 0 Å². The largest absolute Gasteiger partial charge is 0.478 e. The van der Waals surface area contributed by atoms with Crippen molar-refractivity contribution in [2.24, 2.45) is 0 Å². The van der Waals surface area contributed by atoms with Crippen molar-refractivity contribution in [2.45, 2.75) is 20.3 Å². The third kappa shape index (κ3) is 3.89. The Hall–Kier alpha value is -1.05. The van der Waals surface area contributed by atoms with Crippen LogP contribution in [0.1, 0.15) is 20.3 Å². The molecule has 0 aliphatic rings. The van der Waals surface area contributed by atoms with Gasteiger partial charge in [-0.3, -0.25) is 0 Å². The van der Waals surface area contributed by atoms with Crippen molar-refractivity contribution in [3.8, 4) is 0 Å². The minimum atomic E-state index is -0.860. The SMILES string of the molecule is C=C(C)CC=C(C)C(=O)O. The zero-order chi connectivity index (χ0) is 8.15. The van der Waals surface area contributed by atoms with Crippen molar-refractivity contribution in [3.63, 3.8) is 0 Å². The second-order valence-corrected chi connectivity index (χ2v) is 2.35. The summed E-state index contributed by atoms with van der Waals surface area (Å²) in [7, 11) is 0. The van der Waals surface area contributed by atoms with Gasteiger partial charge in [0.2, 0.25) is 0 Å². The Bertz CT molecular complexity index is 178. The summed E-state index contributed by atoms with van der Waals surface area (Å²) in [5.41, 5.74) is 1.35. The van der Waals surface area contributed by atoms with Gasteiger partial charge in [-0.05, 0) is 20.3 Å². The van der Waals surface area contributed by atoms with Crippen LogP contribution < -0.4 is 0 Å². The van der Waals surface area contributed by atoms with Gasteiger partial charge in [-0.1, -0.05) is 18.2 Å². The van der Waals surface area contributed by atoms with Gasteiger partial charge in [0.05, 0.1) is 0 Å². The van der Waals surface area contributed by atoms with E-state index in [1.807, 2.05) is 6.92 Å². The number of carboxylic acid groups (broad SMARTS) is 1. The molecule has 0 atom stereocenters. The molecule has 0 aromatic heterocycles. The molecule has 0 aliphatic carbocycles. The highest BCUT2D eigenvalue weighted by Gasteiger charge is 1.96. The number of allylic oxidation sites excluding steroid dienone is 2. The molecule has 2 nitrogen and oxygen atoms in total. The number of hydrogen-bond donors (Lipinski definition) is 1. The molecule has 0 spiro atoms. The average Bonchev–Trinajstić information content (AvgIpc) is 1.82. The lowest BCUT2D eigenvalue weighted by Crippen LogP contribution is -1.95. The Morgan fingerprint density at radius 3 is 2.40 bits per heavy atom. The molecule has 0 saturated heterocycles. The minimum Gasteiger partial charge on any atom is -0.478 e. The predicted molar refractivity (Wildman–Crippen MR) is 40.8 cm³/mol. The average molecular weight is 140 g/mol. The fraction of sp³-hybridized carbons (Fsp3) is 0.375. The molecule has 0 bridgehead atoms. The highest BCUT2D eigenvalue weighted by atomic mass is 16.4. The van der Waals surface area contributed by atoms with Crippen LogP contribution in [0.3, 0.4) is 0 Å². The van der Waals surface area contributed by atoms with Crippen molar-refractivity contribution in [1.82, 2.24) is 0 Å². The summed E-state index contributed by atoms with van der Waals surface area (Å²) in [4.78, 5) is 10.2. The van der Waals surface area contributed by atoms with Crippen LogP contribution in [-0.2, 0) is 4.79 Å². The Balaban J connectivity index is 3.92. The van der Waals surface area contributed by atoms with Gasteiger partial charge >= 0.3 is 5.97 Å². The van der Waals surface area contributed by atoms with E-state index in [-0.39, 0.29) is 0 Å². The molecular weight excluding hydrogens is 128 g/mol. The molecule has 56 valence electrons. The van der Waals surface area contributed by atoms with Crippen LogP contribution in [0.5, 0.6) is 0 Å². The minimum absolute atomic E-state index is 0.378. The first-order valence-electron chi connectivity index (χ1n) is 3.08. The monoisotopic (exact) mass is 140 g/mol. The van der Waals surface area contributed by atoms with Gasteiger partial charge in [0.25, 0.3) is 0 Å². The van der Waals surface area contributed by atoms with E-state index < -0.39 is 5.97 Å². The maximum Gasteiger partial charge on any atom is 0.330 e. The molecule has 0 amide bonds. The van der Waals surface area contributed by atoms with Crippen LogP contribution in [0.15, 0.2) is 23.8 Å².